The number of carbonyl (C=O) groups is 1. The summed E-state index contributed by atoms with van der Waals surface area (Å²) in [6.07, 6.45) is -0.577. The van der Waals surface area contributed by atoms with E-state index in [1.165, 1.54) is 0 Å². The predicted molar refractivity (Wildman–Crippen MR) is 95.0 cm³/mol. The highest BCUT2D eigenvalue weighted by molar-refractivity contribution is 5.94. The van der Waals surface area contributed by atoms with Crippen LogP contribution in [-0.4, -0.2) is 33.4 Å². The molecule has 2 N–H and O–H groups in total. The number of hydrogen-bond donors (Lipinski definition) is 2. The Bertz CT molecular complexity index is 696. The highest BCUT2D eigenvalue weighted by Crippen LogP contribution is 2.18. The third-order valence-corrected chi connectivity index (χ3v) is 4.11. The lowest BCUT2D eigenvalue weighted by atomic mass is 9.89. The molecule has 0 saturated heterocycles. The van der Waals surface area contributed by atoms with Crippen LogP contribution in [0.25, 0.3) is 0 Å². The molecule has 1 heterocycles. The van der Waals surface area contributed by atoms with Crippen LogP contribution in [0.5, 0.6) is 0 Å². The minimum absolute atomic E-state index is 0.170. The van der Waals surface area contributed by atoms with Crippen LogP contribution in [0, 0.1) is 19.3 Å². The van der Waals surface area contributed by atoms with Gasteiger partial charge in [-0.25, -0.2) is 0 Å². The van der Waals surface area contributed by atoms with Gasteiger partial charge in [-0.05, 0) is 43.0 Å². The number of aryl methyl sites for hydroxylation is 2. The number of aliphatic hydroxyl groups is 1. The second kappa shape index (κ2) is 7.18. The van der Waals surface area contributed by atoms with Gasteiger partial charge in [0.05, 0.1) is 18.3 Å². The minimum Gasteiger partial charge on any atom is -0.391 e. The van der Waals surface area contributed by atoms with E-state index >= 15 is 0 Å². The molecule has 1 amide bonds. The fourth-order valence-electron chi connectivity index (χ4n) is 2.37. The molecule has 1 aromatic heterocycles. The van der Waals surface area contributed by atoms with Crippen LogP contribution in [0.2, 0.25) is 0 Å². The van der Waals surface area contributed by atoms with Gasteiger partial charge in [-0.15, -0.1) is 0 Å². The summed E-state index contributed by atoms with van der Waals surface area (Å²) in [5, 5.41) is 17.2. The molecule has 130 valence electrons. The minimum atomic E-state index is -0.577. The van der Waals surface area contributed by atoms with Gasteiger partial charge >= 0.3 is 0 Å². The third kappa shape index (κ3) is 4.68. The molecule has 2 aromatic rings. The molecular formula is C19H27N3O2. The van der Waals surface area contributed by atoms with Crippen molar-refractivity contribution in [3.8, 4) is 0 Å². The van der Waals surface area contributed by atoms with Crippen molar-refractivity contribution in [1.82, 2.24) is 15.1 Å². The van der Waals surface area contributed by atoms with E-state index in [1.54, 1.807) is 12.1 Å². The van der Waals surface area contributed by atoms with Crippen molar-refractivity contribution in [2.75, 3.05) is 6.54 Å². The summed E-state index contributed by atoms with van der Waals surface area (Å²) in [5.74, 6) is -0.170. The van der Waals surface area contributed by atoms with Crippen LogP contribution in [0.15, 0.2) is 30.3 Å². The van der Waals surface area contributed by atoms with Gasteiger partial charge in [0.1, 0.15) is 0 Å². The molecule has 0 aliphatic heterocycles. The number of nitrogens with zero attached hydrogens (tertiary/aromatic N) is 2. The average molecular weight is 329 g/mol. The van der Waals surface area contributed by atoms with Crippen molar-refractivity contribution in [2.24, 2.45) is 5.41 Å². The molecular weight excluding hydrogens is 302 g/mol. The third-order valence-electron chi connectivity index (χ3n) is 4.11. The molecule has 24 heavy (non-hydrogen) atoms. The summed E-state index contributed by atoms with van der Waals surface area (Å²) in [5.41, 5.74) is 3.55. The van der Waals surface area contributed by atoms with E-state index in [1.807, 2.05) is 57.5 Å². The molecule has 5 heteroatoms. The Morgan fingerprint density at radius 2 is 1.88 bits per heavy atom. The fraction of sp³-hybridized carbons (Fsp3) is 0.474. The predicted octanol–water partition coefficient (Wildman–Crippen LogP) is 2.69. The number of amides is 1. The quantitative estimate of drug-likeness (QED) is 0.886. The number of nitrogens with one attached hydrogen (secondary N) is 1. The van der Waals surface area contributed by atoms with Crippen LogP contribution in [0.1, 0.15) is 48.1 Å². The topological polar surface area (TPSA) is 67.2 Å². The molecule has 0 radical (unpaired) electrons. The monoisotopic (exact) mass is 329 g/mol. The molecule has 1 atom stereocenters. The van der Waals surface area contributed by atoms with Crippen LogP contribution in [0.3, 0.4) is 0 Å². The van der Waals surface area contributed by atoms with Crippen LogP contribution >= 0.6 is 0 Å². The van der Waals surface area contributed by atoms with Gasteiger partial charge in [0.25, 0.3) is 5.91 Å². The Labute approximate surface area is 143 Å². The van der Waals surface area contributed by atoms with Gasteiger partial charge in [-0.2, -0.15) is 5.10 Å². The van der Waals surface area contributed by atoms with Gasteiger partial charge in [0, 0.05) is 17.8 Å². The van der Waals surface area contributed by atoms with Gasteiger partial charge < -0.3 is 10.4 Å². The van der Waals surface area contributed by atoms with E-state index in [9.17, 15) is 9.90 Å². The lowest BCUT2D eigenvalue weighted by Crippen LogP contribution is -2.39. The first-order valence-corrected chi connectivity index (χ1v) is 8.23. The Morgan fingerprint density at radius 1 is 1.25 bits per heavy atom. The smallest absolute Gasteiger partial charge is 0.251 e. The number of benzene rings is 1. The Hall–Kier alpha value is -2.14. The molecule has 1 aromatic carbocycles. The molecule has 0 spiro atoms. The first-order chi connectivity index (χ1) is 11.2. The van der Waals surface area contributed by atoms with E-state index < -0.39 is 6.10 Å². The van der Waals surface area contributed by atoms with E-state index in [0.29, 0.717) is 12.1 Å². The second-order valence-electron chi connectivity index (χ2n) is 7.37. The fourth-order valence-corrected chi connectivity index (χ4v) is 2.37. The Balaban J connectivity index is 1.96. The van der Waals surface area contributed by atoms with Crippen molar-refractivity contribution in [2.45, 2.75) is 47.3 Å². The molecule has 0 fully saturated rings. The van der Waals surface area contributed by atoms with Gasteiger partial charge in [0.2, 0.25) is 0 Å². The molecule has 0 saturated carbocycles. The molecule has 0 aliphatic carbocycles. The summed E-state index contributed by atoms with van der Waals surface area (Å²) < 4.78 is 1.95. The number of rotatable bonds is 5. The molecule has 1 unspecified atom stereocenters. The Kier molecular flexibility index (Phi) is 5.44. The summed E-state index contributed by atoms with van der Waals surface area (Å²) >= 11 is 0. The summed E-state index contributed by atoms with van der Waals surface area (Å²) in [6, 6.07) is 9.53. The SMILES string of the molecule is Cc1cc(C)n(Cc2ccc(C(=O)NCC(O)C(C)(C)C)cc2)n1. The lowest BCUT2D eigenvalue weighted by molar-refractivity contribution is 0.0587. The van der Waals surface area contributed by atoms with Gasteiger partial charge in [0.15, 0.2) is 0 Å². The van der Waals surface area contributed by atoms with Crippen LogP contribution in [-0.2, 0) is 6.54 Å². The van der Waals surface area contributed by atoms with E-state index in [-0.39, 0.29) is 17.9 Å². The average Bonchev–Trinajstić information content (AvgIpc) is 2.82. The van der Waals surface area contributed by atoms with Crippen LogP contribution < -0.4 is 5.32 Å². The Morgan fingerprint density at radius 3 is 2.38 bits per heavy atom. The first-order valence-electron chi connectivity index (χ1n) is 8.23. The van der Waals surface area contributed by atoms with Crippen molar-refractivity contribution < 1.29 is 9.90 Å². The largest absolute Gasteiger partial charge is 0.391 e. The zero-order valence-corrected chi connectivity index (χ0v) is 15.1. The number of aromatic nitrogens is 2. The van der Waals surface area contributed by atoms with Crippen molar-refractivity contribution in [1.29, 1.82) is 0 Å². The maximum atomic E-state index is 12.2. The number of aliphatic hydroxyl groups excluding tert-OH is 1. The molecule has 2 rings (SSSR count). The normalized spacial score (nSPS) is 12.9. The maximum absolute atomic E-state index is 12.2. The van der Waals surface area contributed by atoms with E-state index in [0.717, 1.165) is 17.0 Å². The van der Waals surface area contributed by atoms with Crippen molar-refractivity contribution in [3.63, 3.8) is 0 Å². The van der Waals surface area contributed by atoms with E-state index in [2.05, 4.69) is 10.4 Å². The van der Waals surface area contributed by atoms with Crippen LogP contribution in [0.4, 0.5) is 0 Å². The summed E-state index contributed by atoms with van der Waals surface area (Å²) in [6.45, 7) is 10.8. The summed E-state index contributed by atoms with van der Waals surface area (Å²) in [7, 11) is 0. The van der Waals surface area contributed by atoms with E-state index in [4.69, 9.17) is 0 Å². The van der Waals surface area contributed by atoms with Gasteiger partial charge in [-0.1, -0.05) is 32.9 Å². The lowest BCUT2D eigenvalue weighted by Gasteiger charge is -2.25. The molecule has 5 nitrogen and oxygen atoms in total. The van der Waals surface area contributed by atoms with Crippen molar-refractivity contribution >= 4 is 5.91 Å². The maximum Gasteiger partial charge on any atom is 0.251 e. The van der Waals surface area contributed by atoms with Gasteiger partial charge in [-0.3, -0.25) is 9.48 Å². The molecule has 0 aliphatic rings. The standard InChI is InChI=1S/C19H27N3O2/c1-13-10-14(2)22(21-13)12-15-6-8-16(9-7-15)18(24)20-11-17(23)19(3,4)5/h6-10,17,23H,11-12H2,1-5H3,(H,20,24). The zero-order chi connectivity index (χ0) is 17.9. The second-order valence-corrected chi connectivity index (χ2v) is 7.37. The first kappa shape index (κ1) is 18.2. The zero-order valence-electron chi connectivity index (χ0n) is 15.1. The highest BCUT2D eigenvalue weighted by atomic mass is 16.3. The number of carbonyl (C=O) groups excluding carboxylic acids is 1. The highest BCUT2D eigenvalue weighted by Gasteiger charge is 2.22. The summed E-state index contributed by atoms with van der Waals surface area (Å²) in [4.78, 5) is 12.2. The molecule has 0 bridgehead atoms. The van der Waals surface area contributed by atoms with Crippen molar-refractivity contribution in [3.05, 3.63) is 52.8 Å². The number of hydrogen-bond acceptors (Lipinski definition) is 3.